The molecular weight excluding hydrogens is 346 g/mol. The predicted octanol–water partition coefficient (Wildman–Crippen LogP) is 2.68. The van der Waals surface area contributed by atoms with Gasteiger partial charge < -0.3 is 5.32 Å². The van der Waals surface area contributed by atoms with Gasteiger partial charge in [-0.05, 0) is 56.5 Å². The number of nitrogens with one attached hydrogen (secondary N) is 2. The maximum Gasteiger partial charge on any atom is 0.258 e. The Labute approximate surface area is 152 Å². The molecule has 0 radical (unpaired) electrons. The van der Waals surface area contributed by atoms with E-state index in [0.29, 0.717) is 17.4 Å². The predicted molar refractivity (Wildman–Crippen MR) is 99.3 cm³/mol. The number of benzene rings is 1. The minimum atomic E-state index is -0.162. The third kappa shape index (κ3) is 4.28. The molecule has 6 nitrogen and oxygen atoms in total. The summed E-state index contributed by atoms with van der Waals surface area (Å²) in [6.45, 7) is 1.98. The van der Waals surface area contributed by atoms with Crippen LogP contribution in [0.15, 0.2) is 29.2 Å². The zero-order valence-corrected chi connectivity index (χ0v) is 15.4. The molecule has 2 N–H and O–H groups in total. The van der Waals surface area contributed by atoms with Crippen molar-refractivity contribution < 1.29 is 4.79 Å². The van der Waals surface area contributed by atoms with E-state index in [0.717, 1.165) is 36.7 Å². The molecule has 0 bridgehead atoms. The molecule has 1 saturated heterocycles. The Bertz CT molecular complexity index is 682. The molecule has 1 aliphatic heterocycles. The molecule has 1 fully saturated rings. The fourth-order valence-corrected chi connectivity index (χ4v) is 3.09. The first-order valence-corrected chi connectivity index (χ1v) is 8.97. The Morgan fingerprint density at radius 2 is 1.96 bits per heavy atom. The van der Waals surface area contributed by atoms with E-state index in [2.05, 4.69) is 20.7 Å². The molecule has 0 spiro atoms. The van der Waals surface area contributed by atoms with Gasteiger partial charge in [-0.2, -0.15) is 10.1 Å². The molecule has 0 unspecified atom stereocenters. The van der Waals surface area contributed by atoms with Gasteiger partial charge in [0.25, 0.3) is 5.91 Å². The number of rotatable bonds is 4. The van der Waals surface area contributed by atoms with Gasteiger partial charge in [-0.15, -0.1) is 24.2 Å². The summed E-state index contributed by atoms with van der Waals surface area (Å²) >= 11 is 1.65. The van der Waals surface area contributed by atoms with Crippen molar-refractivity contribution in [3.05, 3.63) is 35.7 Å². The van der Waals surface area contributed by atoms with Crippen molar-refractivity contribution in [2.45, 2.75) is 23.7 Å². The van der Waals surface area contributed by atoms with E-state index in [1.165, 1.54) is 0 Å². The molecule has 1 aromatic heterocycles. The first kappa shape index (κ1) is 18.8. The largest absolute Gasteiger partial charge is 0.317 e. The van der Waals surface area contributed by atoms with Gasteiger partial charge in [0.2, 0.25) is 5.95 Å². The minimum absolute atomic E-state index is 0. The average molecular weight is 368 g/mol. The fourth-order valence-electron chi connectivity index (χ4n) is 2.68. The first-order valence-electron chi connectivity index (χ1n) is 7.74. The number of carbonyl (C=O) groups excluding carboxylic acids is 1. The summed E-state index contributed by atoms with van der Waals surface area (Å²) in [5.74, 6) is 1.53. The Hall–Kier alpha value is -1.57. The zero-order valence-electron chi connectivity index (χ0n) is 13.8. The molecule has 0 atom stereocenters. The number of carbonyl (C=O) groups is 1. The van der Waals surface area contributed by atoms with Crippen molar-refractivity contribution in [2.75, 3.05) is 24.7 Å². The second-order valence-electron chi connectivity index (χ2n) is 5.62. The van der Waals surface area contributed by atoms with Crippen LogP contribution in [0.2, 0.25) is 0 Å². The van der Waals surface area contributed by atoms with Gasteiger partial charge in [0.1, 0.15) is 0 Å². The summed E-state index contributed by atoms with van der Waals surface area (Å²) in [6.07, 6.45) is 4.08. The Morgan fingerprint density at radius 3 is 2.58 bits per heavy atom. The quantitative estimate of drug-likeness (QED) is 0.813. The van der Waals surface area contributed by atoms with E-state index < -0.39 is 0 Å². The van der Waals surface area contributed by atoms with E-state index in [4.69, 9.17) is 0 Å². The van der Waals surface area contributed by atoms with Gasteiger partial charge in [-0.3, -0.25) is 10.1 Å². The zero-order chi connectivity index (χ0) is 16.2. The second-order valence-corrected chi connectivity index (χ2v) is 6.50. The summed E-state index contributed by atoms with van der Waals surface area (Å²) in [7, 11) is 1.81. The fraction of sp³-hybridized carbons (Fsp3) is 0.438. The molecule has 3 rings (SSSR count). The number of piperidine rings is 1. The Balaban J connectivity index is 0.00000208. The van der Waals surface area contributed by atoms with Crippen molar-refractivity contribution in [1.82, 2.24) is 20.1 Å². The summed E-state index contributed by atoms with van der Waals surface area (Å²) in [6, 6.07) is 7.53. The molecule has 0 aliphatic carbocycles. The highest BCUT2D eigenvalue weighted by Gasteiger charge is 2.21. The highest BCUT2D eigenvalue weighted by atomic mass is 35.5. The van der Waals surface area contributed by atoms with Crippen molar-refractivity contribution in [2.24, 2.45) is 7.05 Å². The van der Waals surface area contributed by atoms with Crippen LogP contribution in [0.4, 0.5) is 5.95 Å². The topological polar surface area (TPSA) is 71.8 Å². The van der Waals surface area contributed by atoms with Crippen LogP contribution < -0.4 is 10.6 Å². The van der Waals surface area contributed by atoms with Gasteiger partial charge in [-0.25, -0.2) is 4.68 Å². The third-order valence-corrected chi connectivity index (χ3v) is 4.80. The number of aryl methyl sites for hydroxylation is 1. The minimum Gasteiger partial charge on any atom is -0.317 e. The summed E-state index contributed by atoms with van der Waals surface area (Å²) in [5, 5.41) is 10.7. The molecule has 0 saturated carbocycles. The lowest BCUT2D eigenvalue weighted by molar-refractivity contribution is 0.102. The van der Waals surface area contributed by atoms with Crippen molar-refractivity contribution >= 4 is 36.0 Å². The van der Waals surface area contributed by atoms with Crippen LogP contribution in [0.5, 0.6) is 0 Å². The van der Waals surface area contributed by atoms with E-state index in [1.807, 2.05) is 37.6 Å². The van der Waals surface area contributed by atoms with E-state index in [1.54, 1.807) is 16.4 Å². The number of hydrogen-bond acceptors (Lipinski definition) is 5. The van der Waals surface area contributed by atoms with Crippen LogP contribution in [0.1, 0.15) is 34.9 Å². The monoisotopic (exact) mass is 367 g/mol. The number of halogens is 1. The average Bonchev–Trinajstić information content (AvgIpc) is 2.96. The van der Waals surface area contributed by atoms with Crippen LogP contribution in [-0.4, -0.2) is 40.0 Å². The van der Waals surface area contributed by atoms with Gasteiger partial charge in [0.05, 0.1) is 0 Å². The van der Waals surface area contributed by atoms with E-state index in [9.17, 15) is 4.79 Å². The number of thioether (sulfide) groups is 1. The smallest absolute Gasteiger partial charge is 0.258 e. The van der Waals surface area contributed by atoms with Crippen LogP contribution in [0.25, 0.3) is 0 Å². The van der Waals surface area contributed by atoms with Crippen LogP contribution in [-0.2, 0) is 7.05 Å². The molecule has 24 heavy (non-hydrogen) atoms. The molecule has 1 amide bonds. The number of hydrogen-bond donors (Lipinski definition) is 2. The van der Waals surface area contributed by atoms with Crippen LogP contribution in [0.3, 0.4) is 0 Å². The maximum absolute atomic E-state index is 12.3. The van der Waals surface area contributed by atoms with Gasteiger partial charge in [0, 0.05) is 23.4 Å². The highest BCUT2D eigenvalue weighted by Crippen LogP contribution is 2.23. The van der Waals surface area contributed by atoms with E-state index >= 15 is 0 Å². The van der Waals surface area contributed by atoms with E-state index in [-0.39, 0.29) is 18.3 Å². The molecule has 2 heterocycles. The molecule has 130 valence electrons. The normalized spacial score (nSPS) is 14.9. The summed E-state index contributed by atoms with van der Waals surface area (Å²) in [5.41, 5.74) is 0.620. The first-order chi connectivity index (χ1) is 11.2. The SMILES string of the molecule is CSc1ccc(C(=O)Nc2nc(C3CCNCC3)nn2C)cc1.Cl. The number of amides is 1. The Kier molecular flexibility index (Phi) is 6.65. The lowest BCUT2D eigenvalue weighted by Crippen LogP contribution is -2.27. The lowest BCUT2D eigenvalue weighted by Gasteiger charge is -2.19. The second kappa shape index (κ2) is 8.50. The van der Waals surface area contributed by atoms with Crippen molar-refractivity contribution in [3.8, 4) is 0 Å². The molecular formula is C16H22ClN5OS. The Morgan fingerprint density at radius 1 is 1.29 bits per heavy atom. The molecule has 1 aromatic carbocycles. The molecule has 1 aliphatic rings. The van der Waals surface area contributed by atoms with Crippen LogP contribution >= 0.6 is 24.2 Å². The third-order valence-electron chi connectivity index (χ3n) is 4.06. The van der Waals surface area contributed by atoms with Gasteiger partial charge in [-0.1, -0.05) is 0 Å². The van der Waals surface area contributed by atoms with Gasteiger partial charge >= 0.3 is 0 Å². The van der Waals surface area contributed by atoms with Gasteiger partial charge in [0.15, 0.2) is 5.82 Å². The number of anilines is 1. The highest BCUT2D eigenvalue weighted by molar-refractivity contribution is 7.98. The van der Waals surface area contributed by atoms with Crippen molar-refractivity contribution in [3.63, 3.8) is 0 Å². The number of aromatic nitrogens is 3. The molecule has 2 aromatic rings. The lowest BCUT2D eigenvalue weighted by atomic mass is 9.98. The summed E-state index contributed by atoms with van der Waals surface area (Å²) in [4.78, 5) is 18.0. The standard InChI is InChI=1S/C16H21N5OS.ClH/c1-21-16(18-14(20-21)11-7-9-17-10-8-11)19-15(22)12-3-5-13(23-2)6-4-12;/h3-6,11,17H,7-10H2,1-2H3,(H,18,19,20,22);1H. The molecule has 8 heteroatoms. The van der Waals surface area contributed by atoms with Crippen LogP contribution in [0, 0.1) is 0 Å². The maximum atomic E-state index is 12.3. The summed E-state index contributed by atoms with van der Waals surface area (Å²) < 4.78 is 1.64. The van der Waals surface area contributed by atoms with Crippen molar-refractivity contribution in [1.29, 1.82) is 0 Å². The number of nitrogens with zero attached hydrogens (tertiary/aromatic N) is 3.